The molecule has 0 aliphatic carbocycles. The van der Waals surface area contributed by atoms with Crippen LogP contribution in [0.5, 0.6) is 5.75 Å². The van der Waals surface area contributed by atoms with Gasteiger partial charge in [0.2, 0.25) is 0 Å². The smallest absolute Gasteiger partial charge is 0.410 e. The highest BCUT2D eigenvalue weighted by Crippen LogP contribution is 2.13. The summed E-state index contributed by atoms with van der Waals surface area (Å²) in [5.41, 5.74) is 0. The van der Waals surface area contributed by atoms with Gasteiger partial charge in [-0.3, -0.25) is 0 Å². The predicted molar refractivity (Wildman–Crippen MR) is 62.9 cm³/mol. The molecule has 17 heavy (non-hydrogen) atoms. The van der Waals surface area contributed by atoms with Crippen molar-refractivity contribution in [1.82, 2.24) is 10.2 Å². The van der Waals surface area contributed by atoms with Gasteiger partial charge in [-0.05, 0) is 12.1 Å². The number of aliphatic hydroxyl groups excluding tert-OH is 1. The number of aliphatic hydroxyl groups is 1. The third-order valence-electron chi connectivity index (χ3n) is 2.88. The Morgan fingerprint density at radius 3 is 2.71 bits per heavy atom. The van der Waals surface area contributed by atoms with Crippen LogP contribution < -0.4 is 10.1 Å². The van der Waals surface area contributed by atoms with Crippen LogP contribution >= 0.6 is 0 Å². The number of hydrogen-bond acceptors (Lipinski definition) is 4. The molecule has 0 unspecified atom stereocenters. The second kappa shape index (κ2) is 5.16. The molecule has 5 nitrogen and oxygen atoms in total. The maximum absolute atomic E-state index is 11.8. The standard InChI is InChI=1S/C12H16N2O3/c1-14(10-7-13-8-11(10)15)12(16)17-9-5-3-2-4-6-9/h2-6,10-11,13,15H,7-8H2,1H3/t10-,11-/m1/s1. The Labute approximate surface area is 100.0 Å². The van der Waals surface area contributed by atoms with Crippen LogP contribution in [0, 0.1) is 0 Å². The Morgan fingerprint density at radius 2 is 2.12 bits per heavy atom. The monoisotopic (exact) mass is 236 g/mol. The maximum atomic E-state index is 11.8. The Kier molecular flexibility index (Phi) is 3.61. The van der Waals surface area contributed by atoms with Crippen LogP contribution in [0.15, 0.2) is 30.3 Å². The number of nitrogens with zero attached hydrogens (tertiary/aromatic N) is 1. The average molecular weight is 236 g/mol. The van der Waals surface area contributed by atoms with E-state index in [9.17, 15) is 9.90 Å². The van der Waals surface area contributed by atoms with Crippen LogP contribution in [0.3, 0.4) is 0 Å². The van der Waals surface area contributed by atoms with Gasteiger partial charge in [0.15, 0.2) is 0 Å². The van der Waals surface area contributed by atoms with Crippen molar-refractivity contribution in [2.75, 3.05) is 20.1 Å². The summed E-state index contributed by atoms with van der Waals surface area (Å²) in [5.74, 6) is 0.504. The number of para-hydroxylation sites is 1. The Balaban J connectivity index is 1.96. The topological polar surface area (TPSA) is 61.8 Å². The van der Waals surface area contributed by atoms with Gasteiger partial charge < -0.3 is 20.1 Å². The van der Waals surface area contributed by atoms with E-state index in [0.29, 0.717) is 18.8 Å². The lowest BCUT2D eigenvalue weighted by molar-refractivity contribution is 0.0912. The third-order valence-corrected chi connectivity index (χ3v) is 2.88. The van der Waals surface area contributed by atoms with E-state index in [0.717, 1.165) is 0 Å². The van der Waals surface area contributed by atoms with Gasteiger partial charge in [0.25, 0.3) is 0 Å². The molecule has 1 fully saturated rings. The molecular weight excluding hydrogens is 220 g/mol. The zero-order valence-corrected chi connectivity index (χ0v) is 9.67. The molecule has 2 rings (SSSR count). The number of nitrogens with one attached hydrogen (secondary N) is 1. The number of amides is 1. The highest BCUT2D eigenvalue weighted by molar-refractivity contribution is 5.70. The van der Waals surface area contributed by atoms with Crippen LogP contribution in [0.2, 0.25) is 0 Å². The molecule has 5 heteroatoms. The van der Waals surface area contributed by atoms with E-state index in [1.54, 1.807) is 31.3 Å². The van der Waals surface area contributed by atoms with Crippen LogP contribution in [0.25, 0.3) is 0 Å². The number of ether oxygens (including phenoxy) is 1. The van der Waals surface area contributed by atoms with Gasteiger partial charge in [0.05, 0.1) is 12.1 Å². The number of benzene rings is 1. The van der Waals surface area contributed by atoms with E-state index in [1.807, 2.05) is 6.07 Å². The van der Waals surface area contributed by atoms with Gasteiger partial charge in [-0.25, -0.2) is 4.79 Å². The molecule has 1 aliphatic heterocycles. The number of β-amino-alcohol motifs (C(OH)–C–C–N with tert-alkyl or cyclic N) is 1. The number of carbonyl (C=O) groups excluding carboxylic acids is 1. The zero-order chi connectivity index (χ0) is 12.3. The molecule has 1 aromatic rings. The molecule has 1 heterocycles. The molecule has 1 aliphatic rings. The summed E-state index contributed by atoms with van der Waals surface area (Å²) in [6.07, 6.45) is -0.993. The quantitative estimate of drug-likeness (QED) is 0.782. The summed E-state index contributed by atoms with van der Waals surface area (Å²) in [4.78, 5) is 13.2. The van der Waals surface area contributed by atoms with Gasteiger partial charge >= 0.3 is 6.09 Å². The van der Waals surface area contributed by atoms with E-state index in [2.05, 4.69) is 5.32 Å². The molecule has 1 aromatic carbocycles. The second-order valence-corrected chi connectivity index (χ2v) is 4.08. The molecule has 0 aromatic heterocycles. The fourth-order valence-corrected chi connectivity index (χ4v) is 1.84. The average Bonchev–Trinajstić information content (AvgIpc) is 2.76. The highest BCUT2D eigenvalue weighted by Gasteiger charge is 2.32. The van der Waals surface area contributed by atoms with Gasteiger partial charge in [-0.2, -0.15) is 0 Å². The van der Waals surface area contributed by atoms with Gasteiger partial charge in [-0.15, -0.1) is 0 Å². The molecular formula is C12H16N2O3. The van der Waals surface area contributed by atoms with Crippen LogP contribution in [-0.4, -0.2) is 48.4 Å². The number of rotatable bonds is 2. The Bertz CT molecular complexity index is 383. The normalized spacial score (nSPS) is 23.4. The van der Waals surface area contributed by atoms with Crippen molar-refractivity contribution >= 4 is 6.09 Å². The Morgan fingerprint density at radius 1 is 1.41 bits per heavy atom. The lowest BCUT2D eigenvalue weighted by Crippen LogP contribution is -2.45. The van der Waals surface area contributed by atoms with Crippen LogP contribution in [0.4, 0.5) is 4.79 Å². The predicted octanol–water partition coefficient (Wildman–Crippen LogP) is 0.450. The maximum Gasteiger partial charge on any atom is 0.415 e. The van der Waals surface area contributed by atoms with Crippen LogP contribution in [0.1, 0.15) is 0 Å². The molecule has 2 N–H and O–H groups in total. The van der Waals surface area contributed by atoms with Crippen molar-refractivity contribution in [2.45, 2.75) is 12.1 Å². The molecule has 1 saturated heterocycles. The first-order valence-electron chi connectivity index (χ1n) is 5.57. The first-order chi connectivity index (χ1) is 8.18. The fraction of sp³-hybridized carbons (Fsp3) is 0.417. The van der Waals surface area contributed by atoms with Crippen molar-refractivity contribution in [1.29, 1.82) is 0 Å². The molecule has 0 radical (unpaired) electrons. The van der Waals surface area contributed by atoms with Gasteiger partial charge in [0.1, 0.15) is 5.75 Å². The van der Waals surface area contributed by atoms with Gasteiger partial charge in [0, 0.05) is 20.1 Å². The first kappa shape index (κ1) is 11.9. The summed E-state index contributed by atoms with van der Waals surface area (Å²) < 4.78 is 5.18. The summed E-state index contributed by atoms with van der Waals surface area (Å²) >= 11 is 0. The van der Waals surface area contributed by atoms with Crippen molar-refractivity contribution in [3.05, 3.63) is 30.3 Å². The minimum absolute atomic E-state index is 0.230. The number of carbonyl (C=O) groups is 1. The summed E-state index contributed by atoms with van der Waals surface area (Å²) in [6.45, 7) is 1.09. The van der Waals surface area contributed by atoms with Crippen LogP contribution in [-0.2, 0) is 0 Å². The van der Waals surface area contributed by atoms with Crippen molar-refractivity contribution in [3.8, 4) is 5.75 Å². The first-order valence-corrected chi connectivity index (χ1v) is 5.57. The lowest BCUT2D eigenvalue weighted by atomic mass is 10.2. The fourth-order valence-electron chi connectivity index (χ4n) is 1.84. The molecule has 1 amide bonds. The Hall–Kier alpha value is -1.59. The number of likely N-dealkylation sites (N-methyl/N-ethyl adjacent to an activating group) is 1. The highest BCUT2D eigenvalue weighted by atomic mass is 16.6. The molecule has 2 atom stereocenters. The van der Waals surface area contributed by atoms with E-state index < -0.39 is 12.2 Å². The second-order valence-electron chi connectivity index (χ2n) is 4.08. The molecule has 0 bridgehead atoms. The van der Waals surface area contributed by atoms with E-state index in [1.165, 1.54) is 4.90 Å². The minimum Gasteiger partial charge on any atom is -0.410 e. The third kappa shape index (κ3) is 2.75. The largest absolute Gasteiger partial charge is 0.415 e. The zero-order valence-electron chi connectivity index (χ0n) is 9.67. The van der Waals surface area contributed by atoms with Crippen molar-refractivity contribution in [3.63, 3.8) is 0 Å². The SMILES string of the molecule is CN(C(=O)Oc1ccccc1)[C@@H]1CNC[C@H]1O. The summed E-state index contributed by atoms with van der Waals surface area (Å²) in [7, 11) is 1.63. The molecule has 0 saturated carbocycles. The number of hydrogen-bond donors (Lipinski definition) is 2. The summed E-state index contributed by atoms with van der Waals surface area (Å²) in [6, 6.07) is 8.66. The van der Waals surface area contributed by atoms with Gasteiger partial charge in [-0.1, -0.05) is 18.2 Å². The molecule has 92 valence electrons. The van der Waals surface area contributed by atoms with E-state index >= 15 is 0 Å². The van der Waals surface area contributed by atoms with E-state index in [-0.39, 0.29) is 6.04 Å². The van der Waals surface area contributed by atoms with Crippen molar-refractivity contribution < 1.29 is 14.6 Å². The van der Waals surface area contributed by atoms with Crippen molar-refractivity contribution in [2.24, 2.45) is 0 Å². The molecule has 0 spiro atoms. The summed E-state index contributed by atoms with van der Waals surface area (Å²) in [5, 5.41) is 12.7. The lowest BCUT2D eigenvalue weighted by Gasteiger charge is -2.25. The van der Waals surface area contributed by atoms with E-state index in [4.69, 9.17) is 4.74 Å². The minimum atomic E-state index is -0.539.